The number of carboxylic acid groups (broad SMARTS) is 1. The third-order valence-corrected chi connectivity index (χ3v) is 1.87. The van der Waals surface area contributed by atoms with Crippen LogP contribution in [0.5, 0.6) is 0 Å². The lowest BCUT2D eigenvalue weighted by Gasteiger charge is -2.03. The van der Waals surface area contributed by atoms with Crippen LogP contribution in [0.3, 0.4) is 0 Å². The van der Waals surface area contributed by atoms with Gasteiger partial charge in [-0.15, -0.1) is 6.58 Å². The van der Waals surface area contributed by atoms with Gasteiger partial charge in [-0.05, 0) is 0 Å². The highest BCUT2D eigenvalue weighted by Crippen LogP contribution is 1.95. The average molecular weight is 223 g/mol. The van der Waals surface area contributed by atoms with Crippen molar-refractivity contribution in [3.8, 4) is 0 Å². The summed E-state index contributed by atoms with van der Waals surface area (Å²) in [5.41, 5.74) is -0.00239. The molecule has 0 radical (unpaired) electrons. The second kappa shape index (κ2) is 5.69. The van der Waals surface area contributed by atoms with E-state index in [2.05, 4.69) is 16.9 Å². The van der Waals surface area contributed by atoms with Gasteiger partial charge >= 0.3 is 5.97 Å². The molecule has 0 spiro atoms. The minimum atomic E-state index is -1.06. The van der Waals surface area contributed by atoms with E-state index in [1.165, 1.54) is 18.6 Å². The molecule has 1 rings (SSSR count). The number of carbonyl (C=O) groups is 2. The summed E-state index contributed by atoms with van der Waals surface area (Å²) >= 11 is 0. The van der Waals surface area contributed by atoms with E-state index in [0.29, 0.717) is 13.1 Å². The molecular formula is C10H13N3O3. The first-order chi connectivity index (χ1) is 7.63. The first kappa shape index (κ1) is 12.0. The molecule has 0 atom stereocenters. The first-order valence-corrected chi connectivity index (χ1v) is 4.76. The van der Waals surface area contributed by atoms with Crippen molar-refractivity contribution in [1.29, 1.82) is 0 Å². The summed E-state index contributed by atoms with van der Waals surface area (Å²) < 4.78 is 1.61. The molecule has 0 fully saturated rings. The SMILES string of the molecule is C=CCC(=O)NCCn1cnc(C(=O)O)c1. The molecule has 0 aliphatic carbocycles. The molecular weight excluding hydrogens is 210 g/mol. The number of nitrogens with one attached hydrogen (secondary N) is 1. The van der Waals surface area contributed by atoms with Gasteiger partial charge in [0.25, 0.3) is 0 Å². The van der Waals surface area contributed by atoms with Crippen molar-refractivity contribution < 1.29 is 14.7 Å². The third kappa shape index (κ3) is 3.56. The fourth-order valence-electron chi connectivity index (χ4n) is 1.12. The van der Waals surface area contributed by atoms with Crippen LogP contribution in [0.15, 0.2) is 25.2 Å². The molecule has 1 heterocycles. The van der Waals surface area contributed by atoms with Gasteiger partial charge in [0.2, 0.25) is 5.91 Å². The minimum Gasteiger partial charge on any atom is -0.476 e. The number of nitrogens with zero attached hydrogens (tertiary/aromatic N) is 2. The molecule has 2 N–H and O–H groups in total. The van der Waals surface area contributed by atoms with Gasteiger partial charge < -0.3 is 15.0 Å². The van der Waals surface area contributed by atoms with Crippen molar-refractivity contribution >= 4 is 11.9 Å². The Morgan fingerprint density at radius 3 is 2.94 bits per heavy atom. The van der Waals surface area contributed by atoms with Crippen LogP contribution in [0.4, 0.5) is 0 Å². The zero-order valence-electron chi connectivity index (χ0n) is 8.72. The predicted molar refractivity (Wildman–Crippen MR) is 57.0 cm³/mol. The minimum absolute atomic E-state index is 0.00239. The van der Waals surface area contributed by atoms with Crippen molar-refractivity contribution in [2.24, 2.45) is 0 Å². The van der Waals surface area contributed by atoms with Crippen molar-refractivity contribution in [3.05, 3.63) is 30.9 Å². The van der Waals surface area contributed by atoms with Gasteiger partial charge in [0.15, 0.2) is 5.69 Å². The van der Waals surface area contributed by atoms with E-state index < -0.39 is 5.97 Å². The summed E-state index contributed by atoms with van der Waals surface area (Å²) in [6, 6.07) is 0. The summed E-state index contributed by atoms with van der Waals surface area (Å²) in [5.74, 6) is -1.16. The van der Waals surface area contributed by atoms with Crippen LogP contribution in [0.1, 0.15) is 16.9 Å². The Hall–Kier alpha value is -2.11. The Morgan fingerprint density at radius 1 is 1.62 bits per heavy atom. The maximum atomic E-state index is 11.0. The second-order valence-corrected chi connectivity index (χ2v) is 3.14. The number of carboxylic acids is 1. The summed E-state index contributed by atoms with van der Waals surface area (Å²) in [4.78, 5) is 25.3. The zero-order chi connectivity index (χ0) is 12.0. The number of carbonyl (C=O) groups excluding carboxylic acids is 1. The van der Waals surface area contributed by atoms with E-state index in [0.717, 1.165) is 0 Å². The highest BCUT2D eigenvalue weighted by Gasteiger charge is 2.06. The van der Waals surface area contributed by atoms with Gasteiger partial charge in [-0.1, -0.05) is 6.08 Å². The van der Waals surface area contributed by atoms with Gasteiger partial charge in [-0.3, -0.25) is 4.79 Å². The zero-order valence-corrected chi connectivity index (χ0v) is 8.72. The molecule has 1 amide bonds. The largest absolute Gasteiger partial charge is 0.476 e. The molecule has 0 aliphatic heterocycles. The number of amides is 1. The van der Waals surface area contributed by atoms with E-state index in [-0.39, 0.29) is 18.0 Å². The van der Waals surface area contributed by atoms with Crippen LogP contribution < -0.4 is 5.32 Å². The lowest BCUT2D eigenvalue weighted by atomic mass is 10.4. The van der Waals surface area contributed by atoms with E-state index in [9.17, 15) is 9.59 Å². The number of hydrogen-bond acceptors (Lipinski definition) is 3. The topological polar surface area (TPSA) is 84.2 Å². The molecule has 0 saturated carbocycles. The Morgan fingerprint density at radius 2 is 2.38 bits per heavy atom. The van der Waals surface area contributed by atoms with Gasteiger partial charge in [0.1, 0.15) is 0 Å². The molecule has 0 saturated heterocycles. The molecule has 0 aliphatic rings. The van der Waals surface area contributed by atoms with Crippen molar-refractivity contribution in [2.75, 3.05) is 6.54 Å². The van der Waals surface area contributed by atoms with E-state index in [4.69, 9.17) is 5.11 Å². The Balaban J connectivity index is 2.34. The van der Waals surface area contributed by atoms with E-state index >= 15 is 0 Å². The predicted octanol–water partition coefficient (Wildman–Crippen LogP) is 0.274. The van der Waals surface area contributed by atoms with Crippen LogP contribution in [-0.2, 0) is 11.3 Å². The monoisotopic (exact) mass is 223 g/mol. The fourth-order valence-corrected chi connectivity index (χ4v) is 1.12. The highest BCUT2D eigenvalue weighted by atomic mass is 16.4. The number of aromatic nitrogens is 2. The van der Waals surface area contributed by atoms with Crippen LogP contribution in [-0.4, -0.2) is 33.1 Å². The Bertz CT molecular complexity index is 398. The van der Waals surface area contributed by atoms with Crippen molar-refractivity contribution in [1.82, 2.24) is 14.9 Å². The van der Waals surface area contributed by atoms with Crippen LogP contribution in [0.25, 0.3) is 0 Å². The van der Waals surface area contributed by atoms with Gasteiger partial charge in [0.05, 0.1) is 6.33 Å². The van der Waals surface area contributed by atoms with Crippen LogP contribution in [0, 0.1) is 0 Å². The number of imidazole rings is 1. The molecule has 1 aromatic heterocycles. The van der Waals surface area contributed by atoms with Crippen molar-refractivity contribution in [2.45, 2.75) is 13.0 Å². The first-order valence-electron chi connectivity index (χ1n) is 4.76. The van der Waals surface area contributed by atoms with Gasteiger partial charge in [-0.25, -0.2) is 9.78 Å². The lowest BCUT2D eigenvalue weighted by molar-refractivity contribution is -0.120. The molecule has 1 aromatic rings. The standard InChI is InChI=1S/C10H13N3O3/c1-2-3-9(14)11-4-5-13-6-8(10(15)16)12-7-13/h2,6-7H,1,3-5H2,(H,11,14)(H,15,16). The average Bonchev–Trinajstić information content (AvgIpc) is 2.67. The molecule has 86 valence electrons. The molecule has 0 unspecified atom stereocenters. The third-order valence-electron chi connectivity index (χ3n) is 1.87. The summed E-state index contributed by atoms with van der Waals surface area (Å²) in [5, 5.41) is 11.3. The van der Waals surface area contributed by atoms with Gasteiger partial charge in [-0.2, -0.15) is 0 Å². The van der Waals surface area contributed by atoms with E-state index in [1.54, 1.807) is 4.57 Å². The summed E-state index contributed by atoms with van der Waals surface area (Å²) in [7, 11) is 0. The van der Waals surface area contributed by atoms with Crippen LogP contribution in [0.2, 0.25) is 0 Å². The van der Waals surface area contributed by atoms with Crippen molar-refractivity contribution in [3.63, 3.8) is 0 Å². The van der Waals surface area contributed by atoms with Gasteiger partial charge in [0, 0.05) is 25.7 Å². The fraction of sp³-hybridized carbons (Fsp3) is 0.300. The second-order valence-electron chi connectivity index (χ2n) is 3.14. The summed E-state index contributed by atoms with van der Waals surface area (Å²) in [6.45, 7) is 4.37. The number of aromatic carboxylic acids is 1. The molecule has 0 aromatic carbocycles. The Labute approximate surface area is 92.6 Å². The van der Waals surface area contributed by atoms with Crippen LogP contribution >= 0.6 is 0 Å². The number of rotatable bonds is 6. The maximum Gasteiger partial charge on any atom is 0.356 e. The smallest absolute Gasteiger partial charge is 0.356 e. The number of hydrogen-bond donors (Lipinski definition) is 2. The normalized spacial score (nSPS) is 9.75. The highest BCUT2D eigenvalue weighted by molar-refractivity contribution is 5.84. The lowest BCUT2D eigenvalue weighted by Crippen LogP contribution is -2.26. The van der Waals surface area contributed by atoms with E-state index in [1.807, 2.05) is 0 Å². The quantitative estimate of drug-likeness (QED) is 0.678. The molecule has 0 bridgehead atoms. The molecule has 6 nitrogen and oxygen atoms in total. The molecule has 16 heavy (non-hydrogen) atoms. The summed E-state index contributed by atoms with van der Waals surface area (Å²) in [6.07, 6.45) is 4.64. The molecule has 6 heteroatoms. The maximum absolute atomic E-state index is 11.0. The Kier molecular flexibility index (Phi) is 4.26.